The fourth-order valence-corrected chi connectivity index (χ4v) is 2.00. The van der Waals surface area contributed by atoms with Crippen molar-refractivity contribution in [2.75, 3.05) is 0 Å². The molecule has 0 unspecified atom stereocenters. The number of carbonyl (C=O) groups excluding carboxylic acids is 2. The number of hydrogen-bond donors (Lipinski definition) is 2. The molecule has 25 heavy (non-hydrogen) atoms. The minimum absolute atomic E-state index is 0.111. The normalized spacial score (nSPS) is 10.1. The summed E-state index contributed by atoms with van der Waals surface area (Å²) in [5, 5.41) is 0. The van der Waals surface area contributed by atoms with Crippen molar-refractivity contribution in [2.45, 2.75) is 6.61 Å². The van der Waals surface area contributed by atoms with Crippen molar-refractivity contribution < 1.29 is 18.7 Å². The number of nitrogens with one attached hydrogen (secondary N) is 2. The van der Waals surface area contributed by atoms with Crippen LogP contribution in [0.1, 0.15) is 26.5 Å². The van der Waals surface area contributed by atoms with Gasteiger partial charge in [0.1, 0.15) is 12.4 Å². The van der Waals surface area contributed by atoms with Crippen LogP contribution in [0.3, 0.4) is 0 Å². The maximum absolute atomic E-state index is 12.0. The molecule has 0 fully saturated rings. The van der Waals surface area contributed by atoms with Crippen molar-refractivity contribution in [3.05, 3.63) is 84.1 Å². The molecule has 0 aliphatic carbocycles. The Morgan fingerprint density at radius 3 is 2.36 bits per heavy atom. The third-order valence-corrected chi connectivity index (χ3v) is 3.31. The predicted molar refractivity (Wildman–Crippen MR) is 88.7 cm³/mol. The minimum atomic E-state index is -0.532. The molecule has 2 amide bonds. The van der Waals surface area contributed by atoms with E-state index in [2.05, 4.69) is 15.8 Å². The van der Waals surface area contributed by atoms with E-state index in [9.17, 15) is 9.59 Å². The van der Waals surface area contributed by atoms with Crippen LogP contribution in [0.2, 0.25) is 0 Å². The first-order valence-corrected chi connectivity index (χ1v) is 7.48. The standard InChI is InChI=1S/C18H15N3O4/c22-17(20-21-18(23)16-2-1-11-24-16)14-3-5-15(6-4-14)25-12-13-7-9-19-10-8-13/h1-11H,12H2,(H,20,22)(H,21,23). The van der Waals surface area contributed by atoms with Crippen molar-refractivity contribution in [3.63, 3.8) is 0 Å². The summed E-state index contributed by atoms with van der Waals surface area (Å²) in [5.74, 6) is -0.232. The molecule has 7 nitrogen and oxygen atoms in total. The number of benzene rings is 1. The Balaban J connectivity index is 1.51. The van der Waals surface area contributed by atoms with E-state index in [4.69, 9.17) is 9.15 Å². The van der Waals surface area contributed by atoms with Crippen LogP contribution in [0.15, 0.2) is 71.6 Å². The number of rotatable bonds is 5. The maximum Gasteiger partial charge on any atom is 0.305 e. The van der Waals surface area contributed by atoms with Gasteiger partial charge >= 0.3 is 5.91 Å². The van der Waals surface area contributed by atoms with Crippen LogP contribution in [-0.2, 0) is 6.61 Å². The first-order valence-electron chi connectivity index (χ1n) is 7.48. The number of hydrazine groups is 1. The lowest BCUT2D eigenvalue weighted by Crippen LogP contribution is -2.41. The number of carbonyl (C=O) groups is 2. The van der Waals surface area contributed by atoms with E-state index in [1.54, 1.807) is 42.7 Å². The minimum Gasteiger partial charge on any atom is -0.489 e. The summed E-state index contributed by atoms with van der Waals surface area (Å²) in [6, 6.07) is 13.4. The lowest BCUT2D eigenvalue weighted by Gasteiger charge is -2.08. The van der Waals surface area contributed by atoms with E-state index >= 15 is 0 Å². The Hall–Kier alpha value is -3.61. The van der Waals surface area contributed by atoms with Crippen LogP contribution in [-0.4, -0.2) is 16.8 Å². The maximum atomic E-state index is 12.0. The molecule has 0 aliphatic rings. The molecule has 7 heteroatoms. The van der Waals surface area contributed by atoms with Gasteiger partial charge in [-0.2, -0.15) is 0 Å². The van der Waals surface area contributed by atoms with Gasteiger partial charge in [0.25, 0.3) is 5.91 Å². The summed E-state index contributed by atoms with van der Waals surface area (Å²) < 4.78 is 10.6. The van der Waals surface area contributed by atoms with E-state index in [0.717, 1.165) is 5.56 Å². The van der Waals surface area contributed by atoms with Gasteiger partial charge < -0.3 is 9.15 Å². The molecule has 2 heterocycles. The number of aromatic nitrogens is 1. The van der Waals surface area contributed by atoms with E-state index < -0.39 is 11.8 Å². The molecule has 3 aromatic rings. The molecule has 2 N–H and O–H groups in total. The second kappa shape index (κ2) is 7.78. The smallest absolute Gasteiger partial charge is 0.305 e. The van der Waals surface area contributed by atoms with Crippen molar-refractivity contribution in [3.8, 4) is 5.75 Å². The SMILES string of the molecule is O=C(NNC(=O)c1ccco1)c1ccc(OCc2ccncc2)cc1. The second-order valence-corrected chi connectivity index (χ2v) is 5.05. The fraction of sp³-hybridized carbons (Fsp3) is 0.0556. The number of hydrogen-bond acceptors (Lipinski definition) is 5. The Kier molecular flexibility index (Phi) is 5.06. The van der Waals surface area contributed by atoms with Gasteiger partial charge in [0.2, 0.25) is 0 Å². The highest BCUT2D eigenvalue weighted by Gasteiger charge is 2.11. The van der Waals surface area contributed by atoms with Crippen LogP contribution in [0.5, 0.6) is 5.75 Å². The van der Waals surface area contributed by atoms with Crippen LogP contribution in [0.4, 0.5) is 0 Å². The average Bonchev–Trinajstić information content (AvgIpc) is 3.20. The molecule has 1 aromatic carbocycles. The van der Waals surface area contributed by atoms with E-state index in [1.165, 1.54) is 12.3 Å². The topological polar surface area (TPSA) is 93.5 Å². The van der Waals surface area contributed by atoms with Crippen molar-refractivity contribution in [2.24, 2.45) is 0 Å². The van der Waals surface area contributed by atoms with Gasteiger partial charge in [-0.25, -0.2) is 0 Å². The lowest BCUT2D eigenvalue weighted by molar-refractivity contribution is 0.0831. The third-order valence-electron chi connectivity index (χ3n) is 3.31. The molecular formula is C18H15N3O4. The number of amides is 2. The summed E-state index contributed by atoms with van der Waals surface area (Å²) >= 11 is 0. The van der Waals surface area contributed by atoms with Crippen LogP contribution < -0.4 is 15.6 Å². The molecule has 0 saturated heterocycles. The van der Waals surface area contributed by atoms with Gasteiger partial charge in [-0.05, 0) is 54.1 Å². The van der Waals surface area contributed by atoms with Gasteiger partial charge in [0.15, 0.2) is 5.76 Å². The molecule has 3 rings (SSSR count). The fourth-order valence-electron chi connectivity index (χ4n) is 2.00. The monoisotopic (exact) mass is 337 g/mol. The van der Waals surface area contributed by atoms with Crippen LogP contribution in [0, 0.1) is 0 Å². The Morgan fingerprint density at radius 2 is 1.68 bits per heavy atom. The lowest BCUT2D eigenvalue weighted by atomic mass is 10.2. The van der Waals surface area contributed by atoms with Crippen molar-refractivity contribution in [1.29, 1.82) is 0 Å². The summed E-state index contributed by atoms with van der Waals surface area (Å²) in [6.07, 6.45) is 4.77. The largest absolute Gasteiger partial charge is 0.489 e. The third kappa shape index (κ3) is 4.44. The summed E-state index contributed by atoms with van der Waals surface area (Å²) in [7, 11) is 0. The first-order chi connectivity index (χ1) is 12.2. The van der Waals surface area contributed by atoms with E-state index in [-0.39, 0.29) is 5.76 Å². The predicted octanol–water partition coefficient (Wildman–Crippen LogP) is 2.33. The first kappa shape index (κ1) is 16.3. The highest BCUT2D eigenvalue weighted by molar-refractivity contribution is 5.97. The number of pyridine rings is 1. The zero-order valence-electron chi connectivity index (χ0n) is 13.1. The van der Waals surface area contributed by atoms with Gasteiger partial charge in [0.05, 0.1) is 6.26 Å². The Bertz CT molecular complexity index is 831. The van der Waals surface area contributed by atoms with Crippen LogP contribution in [0.25, 0.3) is 0 Å². The van der Waals surface area contributed by atoms with Gasteiger partial charge in [-0.1, -0.05) is 0 Å². The molecule has 126 valence electrons. The summed E-state index contributed by atoms with van der Waals surface area (Å²) in [5.41, 5.74) is 5.98. The van der Waals surface area contributed by atoms with Crippen molar-refractivity contribution >= 4 is 11.8 Å². The second-order valence-electron chi connectivity index (χ2n) is 5.05. The molecule has 0 aliphatic heterocycles. The number of furan rings is 1. The van der Waals surface area contributed by atoms with Gasteiger partial charge in [-0.15, -0.1) is 0 Å². The Morgan fingerprint density at radius 1 is 0.960 bits per heavy atom. The van der Waals surface area contributed by atoms with Crippen molar-refractivity contribution in [1.82, 2.24) is 15.8 Å². The quantitative estimate of drug-likeness (QED) is 0.697. The molecule has 0 atom stereocenters. The van der Waals surface area contributed by atoms with Crippen LogP contribution >= 0.6 is 0 Å². The highest BCUT2D eigenvalue weighted by atomic mass is 16.5. The number of nitrogens with zero attached hydrogens (tertiary/aromatic N) is 1. The Labute approximate surface area is 143 Å². The summed E-state index contributed by atoms with van der Waals surface area (Å²) in [4.78, 5) is 27.6. The van der Waals surface area contributed by atoms with E-state index in [1.807, 2.05) is 12.1 Å². The van der Waals surface area contributed by atoms with Gasteiger partial charge in [-0.3, -0.25) is 25.4 Å². The molecule has 0 saturated carbocycles. The van der Waals surface area contributed by atoms with Gasteiger partial charge in [0, 0.05) is 18.0 Å². The molecule has 0 spiro atoms. The van der Waals surface area contributed by atoms with E-state index in [0.29, 0.717) is 17.9 Å². The highest BCUT2D eigenvalue weighted by Crippen LogP contribution is 2.14. The number of ether oxygens (including phenoxy) is 1. The average molecular weight is 337 g/mol. The summed E-state index contributed by atoms with van der Waals surface area (Å²) in [6.45, 7) is 0.410. The zero-order valence-corrected chi connectivity index (χ0v) is 13.1. The zero-order chi connectivity index (χ0) is 17.5. The molecule has 2 aromatic heterocycles. The molecule has 0 bridgehead atoms. The molecule has 0 radical (unpaired) electrons. The molecular weight excluding hydrogens is 322 g/mol.